The monoisotopic (exact) mass is 452 g/mol. The molecule has 0 saturated heterocycles. The largest absolute Gasteiger partial charge is 0.352 e. The average molecular weight is 453 g/mol. The first-order valence-corrected chi connectivity index (χ1v) is 10.4. The molecule has 1 aliphatic rings. The Kier molecular flexibility index (Phi) is 5.96. The van der Waals surface area contributed by atoms with Gasteiger partial charge in [-0.25, -0.2) is 4.79 Å². The van der Waals surface area contributed by atoms with Gasteiger partial charge in [-0.3, -0.25) is 23.5 Å². The number of nitrogens with zero attached hydrogens (tertiary/aromatic N) is 2. The van der Waals surface area contributed by atoms with E-state index >= 15 is 0 Å². The van der Waals surface area contributed by atoms with Crippen molar-refractivity contribution in [3.8, 4) is 0 Å². The molecule has 32 heavy (non-hydrogen) atoms. The lowest BCUT2D eigenvalue weighted by atomic mass is 9.99. The van der Waals surface area contributed by atoms with Gasteiger partial charge in [0, 0.05) is 25.0 Å². The van der Waals surface area contributed by atoms with Gasteiger partial charge in [0.1, 0.15) is 5.82 Å². The number of carbonyl (C=O) groups excluding carboxylic acids is 2. The number of hydrogen-bond donors (Lipinski definition) is 2. The van der Waals surface area contributed by atoms with E-state index in [2.05, 4.69) is 10.6 Å². The van der Waals surface area contributed by atoms with E-state index in [-0.39, 0.29) is 36.8 Å². The summed E-state index contributed by atoms with van der Waals surface area (Å²) >= 11 is 5.96. The van der Waals surface area contributed by atoms with Crippen LogP contribution in [0, 0.1) is 0 Å². The number of amides is 2. The summed E-state index contributed by atoms with van der Waals surface area (Å²) < 4.78 is 2.33. The third-order valence-electron chi connectivity index (χ3n) is 5.44. The van der Waals surface area contributed by atoms with Gasteiger partial charge in [0.2, 0.25) is 11.8 Å². The molecule has 3 aromatic rings. The predicted octanol–water partition coefficient (Wildman–Crippen LogP) is 1.99. The quantitative estimate of drug-likeness (QED) is 0.597. The molecule has 0 fully saturated rings. The van der Waals surface area contributed by atoms with Gasteiger partial charge in [-0.05, 0) is 23.3 Å². The molecule has 2 heterocycles. The summed E-state index contributed by atoms with van der Waals surface area (Å²) in [7, 11) is 1.37. The standard InChI is InChI=1S/C23H21ClN4O4/c1-27-22(31)19-17(11-18(29)25-12-15-8-5-9-16(24)10-15)21(30)26-20(19)28(23(27)32)13-14-6-3-2-4-7-14/h2-10,17H,11-13H2,1H3,(H,25,29)(H,26,30)/t17-/m1/s1. The van der Waals surface area contributed by atoms with Crippen LogP contribution < -0.4 is 21.9 Å². The Morgan fingerprint density at radius 1 is 1.06 bits per heavy atom. The summed E-state index contributed by atoms with van der Waals surface area (Å²) in [6, 6.07) is 16.3. The summed E-state index contributed by atoms with van der Waals surface area (Å²) in [6.07, 6.45) is -0.210. The molecule has 1 aliphatic heterocycles. The van der Waals surface area contributed by atoms with Gasteiger partial charge in [-0.1, -0.05) is 54.1 Å². The van der Waals surface area contributed by atoms with Crippen LogP contribution in [0.15, 0.2) is 64.2 Å². The zero-order valence-electron chi connectivity index (χ0n) is 17.3. The van der Waals surface area contributed by atoms with Crippen molar-refractivity contribution in [2.24, 2.45) is 7.05 Å². The second kappa shape index (κ2) is 8.84. The molecule has 0 spiro atoms. The van der Waals surface area contributed by atoms with E-state index in [9.17, 15) is 19.2 Å². The Morgan fingerprint density at radius 2 is 1.78 bits per heavy atom. The fraction of sp³-hybridized carbons (Fsp3) is 0.217. The minimum absolute atomic E-state index is 0.130. The van der Waals surface area contributed by atoms with Crippen molar-refractivity contribution >= 4 is 29.2 Å². The number of halogens is 1. The first-order chi connectivity index (χ1) is 15.3. The molecule has 164 valence electrons. The Hall–Kier alpha value is -3.65. The third-order valence-corrected chi connectivity index (χ3v) is 5.67. The number of carbonyl (C=O) groups is 2. The van der Waals surface area contributed by atoms with Crippen LogP contribution in [-0.4, -0.2) is 20.9 Å². The van der Waals surface area contributed by atoms with Gasteiger partial charge >= 0.3 is 5.69 Å². The summed E-state index contributed by atoms with van der Waals surface area (Å²) in [5.41, 5.74) is 0.664. The van der Waals surface area contributed by atoms with Gasteiger partial charge < -0.3 is 10.6 Å². The Labute approximate surface area is 188 Å². The van der Waals surface area contributed by atoms with Crippen molar-refractivity contribution in [3.63, 3.8) is 0 Å². The highest BCUT2D eigenvalue weighted by Crippen LogP contribution is 2.31. The molecule has 0 bridgehead atoms. The number of aromatic nitrogens is 2. The van der Waals surface area contributed by atoms with E-state index in [1.54, 1.807) is 18.2 Å². The summed E-state index contributed by atoms with van der Waals surface area (Å²) in [5.74, 6) is -1.70. The zero-order chi connectivity index (χ0) is 22.8. The van der Waals surface area contributed by atoms with Gasteiger partial charge in [0.15, 0.2) is 0 Å². The van der Waals surface area contributed by atoms with Crippen molar-refractivity contribution in [1.29, 1.82) is 0 Å². The van der Waals surface area contributed by atoms with E-state index < -0.39 is 23.1 Å². The minimum Gasteiger partial charge on any atom is -0.352 e. The van der Waals surface area contributed by atoms with Crippen LogP contribution >= 0.6 is 11.6 Å². The lowest BCUT2D eigenvalue weighted by molar-refractivity contribution is -0.125. The van der Waals surface area contributed by atoms with Crippen molar-refractivity contribution < 1.29 is 9.59 Å². The first-order valence-electron chi connectivity index (χ1n) is 10.0. The second-order valence-electron chi connectivity index (χ2n) is 7.63. The molecule has 2 N–H and O–H groups in total. The molecule has 2 amide bonds. The van der Waals surface area contributed by atoms with E-state index in [1.807, 2.05) is 36.4 Å². The summed E-state index contributed by atoms with van der Waals surface area (Å²) in [4.78, 5) is 50.9. The first kappa shape index (κ1) is 21.6. The fourth-order valence-corrected chi connectivity index (χ4v) is 4.00. The van der Waals surface area contributed by atoms with Gasteiger partial charge in [-0.15, -0.1) is 0 Å². The number of anilines is 1. The molecular weight excluding hydrogens is 432 g/mol. The highest BCUT2D eigenvalue weighted by Gasteiger charge is 2.38. The van der Waals surface area contributed by atoms with Crippen molar-refractivity contribution in [1.82, 2.24) is 14.5 Å². The molecule has 9 heteroatoms. The smallest absolute Gasteiger partial charge is 0.332 e. The molecule has 4 rings (SSSR count). The van der Waals surface area contributed by atoms with Crippen LogP contribution in [0.25, 0.3) is 0 Å². The van der Waals surface area contributed by atoms with Crippen molar-refractivity contribution in [3.05, 3.63) is 97.1 Å². The van der Waals surface area contributed by atoms with Gasteiger partial charge in [0.25, 0.3) is 5.56 Å². The van der Waals surface area contributed by atoms with E-state index in [4.69, 9.17) is 11.6 Å². The Bertz CT molecular complexity index is 1310. The molecule has 8 nitrogen and oxygen atoms in total. The normalized spacial score (nSPS) is 14.7. The molecule has 0 unspecified atom stereocenters. The molecular formula is C23H21ClN4O4. The maximum Gasteiger partial charge on any atom is 0.332 e. The third kappa shape index (κ3) is 4.22. The highest BCUT2D eigenvalue weighted by molar-refractivity contribution is 6.30. The minimum atomic E-state index is -0.981. The van der Waals surface area contributed by atoms with Gasteiger partial charge in [0.05, 0.1) is 18.0 Å². The molecule has 0 aliphatic carbocycles. The van der Waals surface area contributed by atoms with Crippen LogP contribution in [-0.2, 0) is 29.7 Å². The summed E-state index contributed by atoms with van der Waals surface area (Å²) in [5, 5.41) is 5.95. The van der Waals surface area contributed by atoms with Crippen LogP contribution in [0.2, 0.25) is 5.02 Å². The zero-order valence-corrected chi connectivity index (χ0v) is 18.1. The average Bonchev–Trinajstić information content (AvgIpc) is 3.10. The Balaban J connectivity index is 1.60. The predicted molar refractivity (Wildman–Crippen MR) is 121 cm³/mol. The fourth-order valence-electron chi connectivity index (χ4n) is 3.79. The SMILES string of the molecule is Cn1c(=O)c2c(n(Cc3ccccc3)c1=O)NC(=O)[C@@H]2CC(=O)NCc1cccc(Cl)c1. The van der Waals surface area contributed by atoms with Crippen molar-refractivity contribution in [2.75, 3.05) is 5.32 Å². The second-order valence-corrected chi connectivity index (χ2v) is 8.07. The number of benzene rings is 2. The van der Waals surface area contributed by atoms with Gasteiger partial charge in [-0.2, -0.15) is 0 Å². The number of hydrogen-bond acceptors (Lipinski definition) is 4. The molecule has 0 saturated carbocycles. The van der Waals surface area contributed by atoms with Crippen molar-refractivity contribution in [2.45, 2.75) is 25.4 Å². The summed E-state index contributed by atoms with van der Waals surface area (Å²) in [6.45, 7) is 0.427. The Morgan fingerprint density at radius 3 is 2.50 bits per heavy atom. The van der Waals surface area contributed by atoms with Crippen LogP contribution in [0.5, 0.6) is 0 Å². The number of fused-ring (bicyclic) bond motifs is 1. The molecule has 1 aromatic heterocycles. The number of rotatable bonds is 6. The van der Waals surface area contributed by atoms with Crippen LogP contribution in [0.1, 0.15) is 29.0 Å². The van der Waals surface area contributed by atoms with Crippen LogP contribution in [0.3, 0.4) is 0 Å². The lowest BCUT2D eigenvalue weighted by Gasteiger charge is -2.14. The topological polar surface area (TPSA) is 102 Å². The van der Waals surface area contributed by atoms with E-state index in [1.165, 1.54) is 11.6 Å². The molecule has 1 atom stereocenters. The van der Waals surface area contributed by atoms with Crippen LogP contribution in [0.4, 0.5) is 5.82 Å². The molecule has 0 radical (unpaired) electrons. The maximum absolute atomic E-state index is 12.9. The van der Waals surface area contributed by atoms with E-state index in [0.717, 1.165) is 15.7 Å². The lowest BCUT2D eigenvalue weighted by Crippen LogP contribution is -2.40. The maximum atomic E-state index is 12.9. The number of nitrogens with one attached hydrogen (secondary N) is 2. The van der Waals surface area contributed by atoms with E-state index in [0.29, 0.717) is 5.02 Å². The molecule has 2 aromatic carbocycles. The highest BCUT2D eigenvalue weighted by atomic mass is 35.5.